The van der Waals surface area contributed by atoms with E-state index in [1.54, 1.807) is 45.0 Å². The average molecular weight is 291 g/mol. The fourth-order valence-corrected chi connectivity index (χ4v) is 1.51. The van der Waals surface area contributed by atoms with E-state index in [-0.39, 0.29) is 18.2 Å². The van der Waals surface area contributed by atoms with Gasteiger partial charge in [0.2, 0.25) is 5.91 Å². The first-order chi connectivity index (χ1) is 9.85. The molecule has 0 aromatic heterocycles. The molecule has 1 aromatic carbocycles. The highest BCUT2D eigenvalue weighted by Gasteiger charge is 2.17. The van der Waals surface area contributed by atoms with Gasteiger partial charge in [-0.3, -0.25) is 9.59 Å². The number of aliphatic hydroxyl groups excluding tert-OH is 1. The second kappa shape index (κ2) is 7.44. The first-order valence-electron chi connectivity index (χ1n) is 6.59. The Kier molecular flexibility index (Phi) is 5.92. The van der Waals surface area contributed by atoms with Crippen molar-refractivity contribution < 1.29 is 14.7 Å². The van der Waals surface area contributed by atoms with E-state index in [0.717, 1.165) is 5.56 Å². The fourth-order valence-electron chi connectivity index (χ4n) is 1.51. The Morgan fingerprint density at radius 3 is 2.29 bits per heavy atom. The minimum atomic E-state index is -0.715. The molecule has 0 aliphatic heterocycles. The summed E-state index contributed by atoms with van der Waals surface area (Å²) in [5, 5.41) is 14.1. The number of anilines is 1. The van der Waals surface area contributed by atoms with Crippen LogP contribution in [0.25, 0.3) is 0 Å². The van der Waals surface area contributed by atoms with Crippen molar-refractivity contribution in [2.24, 2.45) is 5.73 Å². The third-order valence-electron chi connectivity index (χ3n) is 2.93. The first kappa shape index (κ1) is 16.7. The molecule has 0 aliphatic rings. The number of nitrogens with two attached hydrogens (primary N) is 1. The Morgan fingerprint density at radius 1 is 1.24 bits per heavy atom. The standard InChI is InChI=1S/C15H21N3O3/c1-9(2)13(16)15(21)17-10(3)14(20)18-12-6-4-11(8-19)5-7-12/h4-7,10,19H,8,16H2,1-3H3,(H,17,21)(H,18,20)/t10-/m0/s1. The normalized spacial score (nSPS) is 11.4. The Morgan fingerprint density at radius 2 is 1.81 bits per heavy atom. The molecule has 2 amide bonds. The quantitative estimate of drug-likeness (QED) is 0.604. The number of amides is 2. The molecule has 6 nitrogen and oxygen atoms in total. The van der Waals surface area contributed by atoms with E-state index in [1.165, 1.54) is 0 Å². The first-order valence-corrected chi connectivity index (χ1v) is 6.59. The maximum atomic E-state index is 12.0. The summed E-state index contributed by atoms with van der Waals surface area (Å²) in [6.45, 7) is 4.97. The molecule has 6 heteroatoms. The van der Waals surface area contributed by atoms with Crippen LogP contribution < -0.4 is 16.4 Å². The molecular formula is C15H21N3O3. The summed E-state index contributed by atoms with van der Waals surface area (Å²) in [4.78, 5) is 23.7. The molecule has 0 spiro atoms. The topological polar surface area (TPSA) is 104 Å². The number of carbonyl (C=O) groups is 2. The third-order valence-corrected chi connectivity index (χ3v) is 2.93. The van der Waals surface area contributed by atoms with Crippen LogP contribution in [-0.2, 0) is 16.2 Å². The summed E-state index contributed by atoms with van der Waals surface area (Å²) in [7, 11) is 0. The lowest BCUT2D eigenvalue weighted by atomic mass is 10.2. The average Bonchev–Trinajstić information content (AvgIpc) is 2.46. The van der Waals surface area contributed by atoms with Crippen molar-refractivity contribution in [1.82, 2.24) is 5.32 Å². The van der Waals surface area contributed by atoms with Crippen LogP contribution in [0.2, 0.25) is 0 Å². The summed E-state index contributed by atoms with van der Waals surface area (Å²) in [6, 6.07) is 6.07. The van der Waals surface area contributed by atoms with Crippen molar-refractivity contribution in [1.29, 1.82) is 0 Å². The van der Waals surface area contributed by atoms with Gasteiger partial charge in [-0.05, 0) is 44.0 Å². The number of nitrogens with one attached hydrogen (secondary N) is 2. The summed E-state index contributed by atoms with van der Waals surface area (Å²) in [5.41, 5.74) is 7.76. The fraction of sp³-hybridized carbons (Fsp3) is 0.333. The van der Waals surface area contributed by atoms with E-state index >= 15 is 0 Å². The molecule has 1 aromatic rings. The van der Waals surface area contributed by atoms with Crippen LogP contribution in [0.4, 0.5) is 5.69 Å². The van der Waals surface area contributed by atoms with Gasteiger partial charge in [0.1, 0.15) is 6.04 Å². The van der Waals surface area contributed by atoms with Crippen LogP contribution >= 0.6 is 0 Å². The van der Waals surface area contributed by atoms with Crippen molar-refractivity contribution in [2.45, 2.75) is 33.4 Å². The summed E-state index contributed by atoms with van der Waals surface area (Å²) in [5.74, 6) is -0.810. The highest BCUT2D eigenvalue weighted by molar-refractivity contribution is 6.00. The van der Waals surface area contributed by atoms with Crippen LogP contribution in [0.15, 0.2) is 35.5 Å². The van der Waals surface area contributed by atoms with Crippen molar-refractivity contribution in [3.05, 3.63) is 41.1 Å². The third kappa shape index (κ3) is 4.92. The van der Waals surface area contributed by atoms with E-state index in [2.05, 4.69) is 10.6 Å². The van der Waals surface area contributed by atoms with E-state index < -0.39 is 11.9 Å². The Hall–Kier alpha value is -2.34. The molecule has 1 atom stereocenters. The molecule has 0 bridgehead atoms. The van der Waals surface area contributed by atoms with Gasteiger partial charge in [-0.2, -0.15) is 0 Å². The Labute approximate surface area is 124 Å². The van der Waals surface area contributed by atoms with Crippen LogP contribution in [0, 0.1) is 0 Å². The zero-order chi connectivity index (χ0) is 16.0. The largest absolute Gasteiger partial charge is 0.394 e. The lowest BCUT2D eigenvalue weighted by Gasteiger charge is -2.15. The van der Waals surface area contributed by atoms with Crippen molar-refractivity contribution in [3.63, 3.8) is 0 Å². The van der Waals surface area contributed by atoms with Crippen molar-refractivity contribution in [2.75, 3.05) is 5.32 Å². The second-order valence-corrected chi connectivity index (χ2v) is 4.95. The molecule has 0 heterocycles. The van der Waals surface area contributed by atoms with Gasteiger partial charge in [-0.15, -0.1) is 0 Å². The van der Waals surface area contributed by atoms with Crippen LogP contribution in [0.1, 0.15) is 26.3 Å². The van der Waals surface area contributed by atoms with Crippen molar-refractivity contribution in [3.8, 4) is 0 Å². The molecule has 0 aliphatic carbocycles. The van der Waals surface area contributed by atoms with E-state index in [9.17, 15) is 9.59 Å². The molecule has 0 fully saturated rings. The van der Waals surface area contributed by atoms with Gasteiger partial charge >= 0.3 is 0 Å². The number of benzene rings is 1. The lowest BCUT2D eigenvalue weighted by molar-refractivity contribution is -0.124. The summed E-state index contributed by atoms with van der Waals surface area (Å²) in [6.07, 6.45) is 0. The van der Waals surface area contributed by atoms with Crippen LogP contribution in [0.3, 0.4) is 0 Å². The van der Waals surface area contributed by atoms with Gasteiger partial charge < -0.3 is 21.5 Å². The molecule has 0 unspecified atom stereocenters. The van der Waals surface area contributed by atoms with Gasteiger partial charge in [-0.1, -0.05) is 12.1 Å². The minimum Gasteiger partial charge on any atom is -0.394 e. The Balaban J connectivity index is 2.62. The number of carbonyl (C=O) groups excluding carboxylic acids is 2. The van der Waals surface area contributed by atoms with Crippen molar-refractivity contribution >= 4 is 17.5 Å². The number of allylic oxidation sites excluding steroid dienone is 1. The van der Waals surface area contributed by atoms with E-state index in [1.807, 2.05) is 0 Å². The van der Waals surface area contributed by atoms with Gasteiger partial charge in [0.15, 0.2) is 0 Å². The predicted octanol–water partition coefficient (Wildman–Crippen LogP) is 0.875. The molecule has 0 saturated carbocycles. The summed E-state index contributed by atoms with van der Waals surface area (Å²) >= 11 is 0. The van der Waals surface area contributed by atoms with Gasteiger partial charge in [0.25, 0.3) is 5.91 Å². The molecule has 5 N–H and O–H groups in total. The molecule has 1 rings (SSSR count). The zero-order valence-corrected chi connectivity index (χ0v) is 12.4. The minimum absolute atomic E-state index is 0.0529. The number of hydrogen-bond acceptors (Lipinski definition) is 4. The van der Waals surface area contributed by atoms with Crippen LogP contribution in [-0.4, -0.2) is 23.0 Å². The highest BCUT2D eigenvalue weighted by atomic mass is 16.3. The maximum absolute atomic E-state index is 12.0. The molecular weight excluding hydrogens is 270 g/mol. The molecule has 0 saturated heterocycles. The Bertz CT molecular complexity index is 546. The second-order valence-electron chi connectivity index (χ2n) is 4.95. The lowest BCUT2D eigenvalue weighted by Crippen LogP contribution is -2.43. The predicted molar refractivity (Wildman–Crippen MR) is 81.2 cm³/mol. The summed E-state index contributed by atoms with van der Waals surface area (Å²) < 4.78 is 0. The van der Waals surface area contributed by atoms with Gasteiger partial charge in [0, 0.05) is 5.69 Å². The number of hydrogen-bond donors (Lipinski definition) is 4. The maximum Gasteiger partial charge on any atom is 0.267 e. The molecule has 0 radical (unpaired) electrons. The number of aliphatic hydroxyl groups is 1. The number of rotatable bonds is 5. The SMILES string of the molecule is CC(C)=C(N)C(=O)N[C@@H](C)C(=O)Nc1ccc(CO)cc1. The van der Waals surface area contributed by atoms with E-state index in [4.69, 9.17) is 10.8 Å². The van der Waals surface area contributed by atoms with Gasteiger partial charge in [0.05, 0.1) is 12.3 Å². The monoisotopic (exact) mass is 291 g/mol. The zero-order valence-electron chi connectivity index (χ0n) is 12.4. The van der Waals surface area contributed by atoms with E-state index in [0.29, 0.717) is 11.3 Å². The van der Waals surface area contributed by atoms with Gasteiger partial charge in [-0.25, -0.2) is 0 Å². The molecule has 21 heavy (non-hydrogen) atoms. The highest BCUT2D eigenvalue weighted by Crippen LogP contribution is 2.10. The van der Waals surface area contributed by atoms with Crippen LogP contribution in [0.5, 0.6) is 0 Å². The molecule has 114 valence electrons. The smallest absolute Gasteiger partial charge is 0.267 e.